The molecule has 10 heteroatoms. The number of rotatable bonds is 6. The summed E-state index contributed by atoms with van der Waals surface area (Å²) in [4.78, 5) is 22.3. The van der Waals surface area contributed by atoms with E-state index in [1.54, 1.807) is 12.1 Å². The number of hydrogen-bond acceptors (Lipinski definition) is 8. The molecule has 29 heavy (non-hydrogen) atoms. The van der Waals surface area contributed by atoms with Crippen molar-refractivity contribution in [3.63, 3.8) is 0 Å². The number of carbonyl (C=O) groups excluding carboxylic acids is 1. The highest BCUT2D eigenvalue weighted by Crippen LogP contribution is 2.33. The molecule has 0 bridgehead atoms. The zero-order chi connectivity index (χ0) is 20.2. The molecule has 0 saturated heterocycles. The molecule has 1 N–H and O–H groups in total. The third-order valence-corrected chi connectivity index (χ3v) is 4.00. The van der Waals surface area contributed by atoms with Crippen molar-refractivity contribution in [2.75, 3.05) is 12.1 Å². The largest absolute Gasteiger partial charge is 0.454 e. The topological polar surface area (TPSA) is 130 Å². The standard InChI is InChI=1S/C19H14N4O6/c24-17(7-5-12-2-1-3-14(8-12)23(25)26)20-19-22-21-18(29-19)10-13-4-6-15-16(9-13)28-11-27-15/h1-9H,10-11H2,(H,20,22,24)/b7-5+. The molecule has 1 aliphatic rings. The highest BCUT2D eigenvalue weighted by atomic mass is 16.7. The summed E-state index contributed by atoms with van der Waals surface area (Å²) >= 11 is 0. The Hall–Kier alpha value is -4.21. The van der Waals surface area contributed by atoms with Gasteiger partial charge in [0.2, 0.25) is 12.7 Å². The Morgan fingerprint density at radius 2 is 2.03 bits per heavy atom. The van der Waals surface area contributed by atoms with E-state index in [1.165, 1.54) is 30.4 Å². The average Bonchev–Trinajstić information content (AvgIpc) is 3.35. The van der Waals surface area contributed by atoms with E-state index in [2.05, 4.69) is 15.5 Å². The third kappa shape index (κ3) is 4.38. The number of carbonyl (C=O) groups is 1. The van der Waals surface area contributed by atoms with Crippen molar-refractivity contribution in [3.8, 4) is 11.5 Å². The van der Waals surface area contributed by atoms with Crippen molar-refractivity contribution in [3.05, 3.63) is 75.7 Å². The van der Waals surface area contributed by atoms with Crippen molar-refractivity contribution < 1.29 is 23.6 Å². The minimum atomic E-state index is -0.505. The summed E-state index contributed by atoms with van der Waals surface area (Å²) in [5.41, 5.74) is 1.35. The molecule has 2 heterocycles. The number of aromatic nitrogens is 2. The van der Waals surface area contributed by atoms with E-state index in [9.17, 15) is 14.9 Å². The van der Waals surface area contributed by atoms with Crippen LogP contribution in [-0.2, 0) is 11.2 Å². The summed E-state index contributed by atoms with van der Waals surface area (Å²) in [5, 5.41) is 20.9. The lowest BCUT2D eigenvalue weighted by Gasteiger charge is -2.00. The van der Waals surface area contributed by atoms with E-state index in [0.717, 1.165) is 5.56 Å². The van der Waals surface area contributed by atoms with Crippen LogP contribution in [0.25, 0.3) is 6.08 Å². The number of anilines is 1. The van der Waals surface area contributed by atoms with Gasteiger partial charge in [0.25, 0.3) is 11.6 Å². The predicted molar refractivity (Wildman–Crippen MR) is 100 cm³/mol. The predicted octanol–water partition coefficient (Wildman–Crippen LogP) is 2.95. The van der Waals surface area contributed by atoms with Gasteiger partial charge in [-0.1, -0.05) is 23.3 Å². The van der Waals surface area contributed by atoms with Crippen LogP contribution in [0.15, 0.2) is 53.0 Å². The number of amides is 1. The lowest BCUT2D eigenvalue weighted by Crippen LogP contribution is -2.07. The van der Waals surface area contributed by atoms with Gasteiger partial charge in [0, 0.05) is 18.2 Å². The van der Waals surface area contributed by atoms with Gasteiger partial charge in [-0.15, -0.1) is 5.10 Å². The third-order valence-electron chi connectivity index (χ3n) is 4.00. The lowest BCUT2D eigenvalue weighted by atomic mass is 10.1. The van der Waals surface area contributed by atoms with Gasteiger partial charge in [-0.3, -0.25) is 20.2 Å². The molecule has 4 rings (SSSR count). The first-order chi connectivity index (χ1) is 14.1. The summed E-state index contributed by atoms with van der Waals surface area (Å²) in [6, 6.07) is 11.4. The van der Waals surface area contributed by atoms with Gasteiger partial charge in [0.05, 0.1) is 11.3 Å². The van der Waals surface area contributed by atoms with E-state index in [-0.39, 0.29) is 18.5 Å². The number of benzene rings is 2. The van der Waals surface area contributed by atoms with Gasteiger partial charge in [0.15, 0.2) is 11.5 Å². The molecule has 1 aromatic heterocycles. The Morgan fingerprint density at radius 1 is 1.17 bits per heavy atom. The number of nitro groups is 1. The monoisotopic (exact) mass is 394 g/mol. The summed E-state index contributed by atoms with van der Waals surface area (Å²) < 4.78 is 16.0. The molecule has 0 unspecified atom stereocenters. The maximum absolute atomic E-state index is 12.0. The smallest absolute Gasteiger partial charge is 0.322 e. The second-order valence-corrected chi connectivity index (χ2v) is 6.04. The molecule has 1 amide bonds. The fourth-order valence-electron chi connectivity index (χ4n) is 2.66. The molecule has 146 valence electrons. The molecule has 1 aliphatic heterocycles. The van der Waals surface area contributed by atoms with Crippen LogP contribution in [-0.4, -0.2) is 27.8 Å². The average molecular weight is 394 g/mol. The molecule has 0 radical (unpaired) electrons. The fourth-order valence-corrected chi connectivity index (χ4v) is 2.66. The zero-order valence-electron chi connectivity index (χ0n) is 14.9. The molecule has 0 aliphatic carbocycles. The van der Waals surface area contributed by atoms with Crippen molar-refractivity contribution in [2.45, 2.75) is 6.42 Å². The molecular weight excluding hydrogens is 380 g/mol. The summed E-state index contributed by atoms with van der Waals surface area (Å²) in [6.07, 6.45) is 3.04. The Bertz CT molecular complexity index is 1110. The molecule has 0 saturated carbocycles. The van der Waals surface area contributed by atoms with Crippen LogP contribution in [0.3, 0.4) is 0 Å². The van der Waals surface area contributed by atoms with E-state index in [1.807, 2.05) is 12.1 Å². The minimum absolute atomic E-state index is 0.0468. The van der Waals surface area contributed by atoms with Crippen molar-refractivity contribution in [2.24, 2.45) is 0 Å². The second-order valence-electron chi connectivity index (χ2n) is 6.04. The van der Waals surface area contributed by atoms with Crippen LogP contribution in [0, 0.1) is 10.1 Å². The highest BCUT2D eigenvalue weighted by molar-refractivity contribution is 6.00. The number of non-ortho nitro benzene ring substituents is 1. The normalized spacial score (nSPS) is 12.3. The minimum Gasteiger partial charge on any atom is -0.454 e. The van der Waals surface area contributed by atoms with Gasteiger partial charge in [-0.05, 0) is 29.3 Å². The van der Waals surface area contributed by atoms with E-state index in [4.69, 9.17) is 13.9 Å². The molecule has 0 atom stereocenters. The molecule has 10 nitrogen and oxygen atoms in total. The highest BCUT2D eigenvalue weighted by Gasteiger charge is 2.15. The number of hydrogen-bond donors (Lipinski definition) is 1. The molecule has 2 aromatic carbocycles. The van der Waals surface area contributed by atoms with Gasteiger partial charge in [0.1, 0.15) is 0 Å². The van der Waals surface area contributed by atoms with Gasteiger partial charge in [-0.25, -0.2) is 0 Å². The van der Waals surface area contributed by atoms with Crippen molar-refractivity contribution in [1.29, 1.82) is 0 Å². The zero-order valence-corrected chi connectivity index (χ0v) is 14.9. The van der Waals surface area contributed by atoms with Crippen LogP contribution >= 0.6 is 0 Å². The summed E-state index contributed by atoms with van der Waals surface area (Å²) in [5.74, 6) is 1.15. The first kappa shape index (κ1) is 18.2. The molecule has 0 fully saturated rings. The SMILES string of the molecule is O=C(/C=C/c1cccc([N+](=O)[O-])c1)Nc1nnc(Cc2ccc3c(c2)OCO3)o1. The molecular formula is C19H14N4O6. The first-order valence-corrected chi connectivity index (χ1v) is 8.51. The number of nitrogens with one attached hydrogen (secondary N) is 1. The second kappa shape index (κ2) is 7.80. The van der Waals surface area contributed by atoms with Crippen molar-refractivity contribution in [1.82, 2.24) is 10.2 Å². The number of fused-ring (bicyclic) bond motifs is 1. The lowest BCUT2D eigenvalue weighted by molar-refractivity contribution is -0.384. The Labute approximate surface area is 163 Å². The van der Waals surface area contributed by atoms with Crippen LogP contribution in [0.1, 0.15) is 17.0 Å². The van der Waals surface area contributed by atoms with Crippen LogP contribution in [0.5, 0.6) is 11.5 Å². The van der Waals surface area contributed by atoms with E-state index in [0.29, 0.717) is 29.4 Å². The Kier molecular flexibility index (Phi) is 4.89. The number of ether oxygens (including phenoxy) is 2. The summed E-state index contributed by atoms with van der Waals surface area (Å²) in [6.45, 7) is 0.194. The van der Waals surface area contributed by atoms with Gasteiger partial charge < -0.3 is 13.9 Å². The van der Waals surface area contributed by atoms with E-state index < -0.39 is 10.8 Å². The summed E-state index contributed by atoms with van der Waals surface area (Å²) in [7, 11) is 0. The van der Waals surface area contributed by atoms with Crippen LogP contribution in [0.2, 0.25) is 0 Å². The Morgan fingerprint density at radius 3 is 2.90 bits per heavy atom. The maximum Gasteiger partial charge on any atom is 0.322 e. The quantitative estimate of drug-likeness (QED) is 0.384. The molecule has 0 spiro atoms. The van der Waals surface area contributed by atoms with E-state index >= 15 is 0 Å². The fraction of sp³-hybridized carbons (Fsp3) is 0.105. The number of nitro benzene ring substituents is 1. The van der Waals surface area contributed by atoms with Gasteiger partial charge >= 0.3 is 6.01 Å². The van der Waals surface area contributed by atoms with Crippen LogP contribution < -0.4 is 14.8 Å². The van der Waals surface area contributed by atoms with Crippen LogP contribution in [0.4, 0.5) is 11.7 Å². The maximum atomic E-state index is 12.0. The number of nitrogens with zero attached hydrogens (tertiary/aromatic N) is 3. The van der Waals surface area contributed by atoms with Crippen molar-refractivity contribution >= 4 is 23.7 Å². The first-order valence-electron chi connectivity index (χ1n) is 8.51. The molecule has 3 aromatic rings. The van der Waals surface area contributed by atoms with Gasteiger partial charge in [-0.2, -0.15) is 0 Å². The Balaban J connectivity index is 1.36.